The lowest BCUT2D eigenvalue weighted by Gasteiger charge is -2.15. The van der Waals surface area contributed by atoms with E-state index in [1.165, 1.54) is 0 Å². The van der Waals surface area contributed by atoms with Crippen molar-refractivity contribution in [3.05, 3.63) is 35.4 Å². The third-order valence-corrected chi connectivity index (χ3v) is 2.97. The zero-order chi connectivity index (χ0) is 11.5. The van der Waals surface area contributed by atoms with Crippen LogP contribution in [-0.2, 0) is 0 Å². The number of benzene rings is 1. The topological polar surface area (TPSA) is 44.1 Å². The molecule has 1 fully saturated rings. The van der Waals surface area contributed by atoms with E-state index in [1.54, 1.807) is 24.3 Å². The van der Waals surface area contributed by atoms with Crippen molar-refractivity contribution in [3.63, 3.8) is 0 Å². The lowest BCUT2D eigenvalue weighted by molar-refractivity contribution is 0.0788. The molecule has 1 saturated heterocycles. The van der Waals surface area contributed by atoms with Gasteiger partial charge in [-0.2, -0.15) is 5.26 Å². The number of rotatable bonds is 1. The van der Waals surface area contributed by atoms with Crippen LogP contribution in [-0.4, -0.2) is 23.9 Å². The standard InChI is InChI=1S/C13H14N2O/c1-10-6-7-15(9-10)13(16)12-4-2-11(8-14)3-5-12/h2-5,10H,6-7,9H2,1H3. The van der Waals surface area contributed by atoms with Crippen LogP contribution in [0.15, 0.2) is 24.3 Å². The van der Waals surface area contributed by atoms with Gasteiger partial charge in [0.15, 0.2) is 0 Å². The summed E-state index contributed by atoms with van der Waals surface area (Å²) in [6.45, 7) is 3.85. The van der Waals surface area contributed by atoms with Crippen molar-refractivity contribution in [1.29, 1.82) is 5.26 Å². The maximum Gasteiger partial charge on any atom is 0.253 e. The van der Waals surface area contributed by atoms with E-state index < -0.39 is 0 Å². The van der Waals surface area contributed by atoms with Gasteiger partial charge in [0.05, 0.1) is 11.6 Å². The Hall–Kier alpha value is -1.82. The van der Waals surface area contributed by atoms with Gasteiger partial charge in [-0.25, -0.2) is 0 Å². The van der Waals surface area contributed by atoms with Crippen molar-refractivity contribution < 1.29 is 4.79 Å². The average molecular weight is 214 g/mol. The summed E-state index contributed by atoms with van der Waals surface area (Å²) < 4.78 is 0. The second kappa shape index (κ2) is 4.36. The number of hydrogen-bond donors (Lipinski definition) is 0. The number of carbonyl (C=O) groups is 1. The third kappa shape index (κ3) is 2.06. The molecule has 0 saturated carbocycles. The molecular weight excluding hydrogens is 200 g/mol. The van der Waals surface area contributed by atoms with Crippen LogP contribution in [0.1, 0.15) is 29.3 Å². The summed E-state index contributed by atoms with van der Waals surface area (Å²) >= 11 is 0. The lowest BCUT2D eigenvalue weighted by atomic mass is 10.1. The van der Waals surface area contributed by atoms with Crippen LogP contribution in [0, 0.1) is 17.2 Å². The summed E-state index contributed by atoms with van der Waals surface area (Å²) in [4.78, 5) is 13.9. The van der Waals surface area contributed by atoms with Gasteiger partial charge in [0.1, 0.15) is 0 Å². The van der Waals surface area contributed by atoms with Crippen LogP contribution in [0.3, 0.4) is 0 Å². The normalized spacial score (nSPS) is 19.5. The number of amides is 1. The first-order valence-electron chi connectivity index (χ1n) is 5.50. The van der Waals surface area contributed by atoms with Gasteiger partial charge in [-0.05, 0) is 36.6 Å². The van der Waals surface area contributed by atoms with Gasteiger partial charge in [0.2, 0.25) is 0 Å². The molecular formula is C13H14N2O. The maximum absolute atomic E-state index is 12.0. The van der Waals surface area contributed by atoms with Crippen LogP contribution < -0.4 is 0 Å². The minimum absolute atomic E-state index is 0.0776. The number of likely N-dealkylation sites (tertiary alicyclic amines) is 1. The van der Waals surface area contributed by atoms with Crippen molar-refractivity contribution in [1.82, 2.24) is 4.90 Å². The first-order valence-corrected chi connectivity index (χ1v) is 5.50. The first-order chi connectivity index (χ1) is 7.70. The minimum Gasteiger partial charge on any atom is -0.338 e. The number of hydrogen-bond acceptors (Lipinski definition) is 2. The highest BCUT2D eigenvalue weighted by Crippen LogP contribution is 2.18. The molecule has 1 unspecified atom stereocenters. The highest BCUT2D eigenvalue weighted by atomic mass is 16.2. The Balaban J connectivity index is 2.12. The van der Waals surface area contributed by atoms with Gasteiger partial charge < -0.3 is 4.90 Å². The zero-order valence-electron chi connectivity index (χ0n) is 9.31. The van der Waals surface area contributed by atoms with Crippen molar-refractivity contribution in [3.8, 4) is 6.07 Å². The van der Waals surface area contributed by atoms with E-state index in [9.17, 15) is 4.79 Å². The van der Waals surface area contributed by atoms with Crippen molar-refractivity contribution in [2.24, 2.45) is 5.92 Å². The smallest absolute Gasteiger partial charge is 0.253 e. The monoisotopic (exact) mass is 214 g/mol. The molecule has 1 aliphatic heterocycles. The van der Waals surface area contributed by atoms with E-state index in [4.69, 9.17) is 5.26 Å². The zero-order valence-corrected chi connectivity index (χ0v) is 9.31. The van der Waals surface area contributed by atoms with Gasteiger partial charge in [-0.1, -0.05) is 6.92 Å². The molecule has 0 N–H and O–H groups in total. The Labute approximate surface area is 95.3 Å². The van der Waals surface area contributed by atoms with Crippen molar-refractivity contribution in [2.45, 2.75) is 13.3 Å². The van der Waals surface area contributed by atoms with Gasteiger partial charge in [0, 0.05) is 18.7 Å². The molecule has 0 bridgehead atoms. The third-order valence-electron chi connectivity index (χ3n) is 2.97. The first kappa shape index (κ1) is 10.7. The Kier molecular flexibility index (Phi) is 2.91. The quantitative estimate of drug-likeness (QED) is 0.718. The van der Waals surface area contributed by atoms with E-state index in [1.807, 2.05) is 11.0 Å². The summed E-state index contributed by atoms with van der Waals surface area (Å²) in [5.74, 6) is 0.677. The number of carbonyl (C=O) groups excluding carboxylic acids is 1. The summed E-state index contributed by atoms with van der Waals surface area (Å²) in [7, 11) is 0. The van der Waals surface area contributed by atoms with Gasteiger partial charge >= 0.3 is 0 Å². The fraction of sp³-hybridized carbons (Fsp3) is 0.385. The molecule has 0 aromatic heterocycles. The fourth-order valence-corrected chi connectivity index (χ4v) is 1.99. The predicted octanol–water partition coefficient (Wildman–Crippen LogP) is 2.04. The molecule has 0 aliphatic carbocycles. The van der Waals surface area contributed by atoms with Crippen LogP contribution in [0.2, 0.25) is 0 Å². The molecule has 1 heterocycles. The largest absolute Gasteiger partial charge is 0.338 e. The molecule has 0 spiro atoms. The molecule has 3 nitrogen and oxygen atoms in total. The summed E-state index contributed by atoms with van der Waals surface area (Å²) in [5, 5.41) is 8.67. The Bertz CT molecular complexity index is 430. The van der Waals surface area contributed by atoms with Gasteiger partial charge in [-0.3, -0.25) is 4.79 Å². The van der Waals surface area contributed by atoms with E-state index in [-0.39, 0.29) is 5.91 Å². The van der Waals surface area contributed by atoms with Crippen molar-refractivity contribution in [2.75, 3.05) is 13.1 Å². The van der Waals surface area contributed by atoms with Crippen LogP contribution in [0.4, 0.5) is 0 Å². The van der Waals surface area contributed by atoms with Gasteiger partial charge in [0.25, 0.3) is 5.91 Å². The second-order valence-corrected chi connectivity index (χ2v) is 4.33. The van der Waals surface area contributed by atoms with E-state index >= 15 is 0 Å². The SMILES string of the molecule is CC1CCN(C(=O)c2ccc(C#N)cc2)C1. The average Bonchev–Trinajstić information content (AvgIpc) is 2.75. The summed E-state index contributed by atoms with van der Waals surface area (Å²) in [5.41, 5.74) is 1.26. The molecule has 1 aromatic carbocycles. The maximum atomic E-state index is 12.0. The van der Waals surface area contributed by atoms with Gasteiger partial charge in [-0.15, -0.1) is 0 Å². The van der Waals surface area contributed by atoms with Crippen molar-refractivity contribution >= 4 is 5.91 Å². The Morgan fingerprint density at radius 2 is 2.12 bits per heavy atom. The predicted molar refractivity (Wildman–Crippen MR) is 60.8 cm³/mol. The summed E-state index contributed by atoms with van der Waals surface area (Å²) in [6, 6.07) is 8.87. The molecule has 82 valence electrons. The fourth-order valence-electron chi connectivity index (χ4n) is 1.99. The van der Waals surface area contributed by atoms with Crippen LogP contribution in [0.5, 0.6) is 0 Å². The van der Waals surface area contributed by atoms with E-state index in [0.717, 1.165) is 19.5 Å². The highest BCUT2D eigenvalue weighted by Gasteiger charge is 2.23. The number of nitriles is 1. The molecule has 1 atom stereocenters. The molecule has 1 aromatic rings. The molecule has 16 heavy (non-hydrogen) atoms. The Morgan fingerprint density at radius 1 is 1.44 bits per heavy atom. The van der Waals surface area contributed by atoms with Crippen LogP contribution >= 0.6 is 0 Å². The van der Waals surface area contributed by atoms with Crippen LogP contribution in [0.25, 0.3) is 0 Å². The highest BCUT2D eigenvalue weighted by molar-refractivity contribution is 5.94. The van der Waals surface area contributed by atoms with E-state index in [2.05, 4.69) is 6.92 Å². The molecule has 1 amide bonds. The Morgan fingerprint density at radius 3 is 2.62 bits per heavy atom. The molecule has 3 heteroatoms. The molecule has 0 radical (unpaired) electrons. The lowest BCUT2D eigenvalue weighted by Crippen LogP contribution is -2.28. The molecule has 1 aliphatic rings. The number of nitrogens with zero attached hydrogens (tertiary/aromatic N) is 2. The summed E-state index contributed by atoms with van der Waals surface area (Å²) in [6.07, 6.45) is 1.09. The molecule has 2 rings (SSSR count). The van der Waals surface area contributed by atoms with E-state index in [0.29, 0.717) is 17.0 Å². The minimum atomic E-state index is 0.0776. The second-order valence-electron chi connectivity index (χ2n) is 4.33.